The second kappa shape index (κ2) is 19.6. The zero-order valence-electron chi connectivity index (χ0n) is 2.00. The third-order valence-corrected chi connectivity index (χ3v) is 0. The third-order valence-electron chi connectivity index (χ3n) is 0. The van der Waals surface area contributed by atoms with Crippen LogP contribution >= 0.6 is 0 Å². The topological polar surface area (TPSA) is 0 Å². The van der Waals surface area contributed by atoms with Crippen LogP contribution in [0.4, 0.5) is 0 Å². The van der Waals surface area contributed by atoms with E-state index in [1.54, 1.807) is 0 Å². The van der Waals surface area contributed by atoms with Gasteiger partial charge in [-0.3, -0.25) is 0 Å². The molecule has 0 amide bonds. The molecule has 0 aliphatic rings. The van der Waals surface area contributed by atoms with E-state index in [0.717, 1.165) is 0 Å². The van der Waals surface area contributed by atoms with Crippen molar-refractivity contribution >= 4 is 72.7 Å². The maximum absolute atomic E-state index is 2.14. The normalized spacial score (nSPS) is 2.00. The third kappa shape index (κ3) is 8.95. The molecule has 4 heavy (non-hydrogen) atoms. The van der Waals surface area contributed by atoms with Gasteiger partial charge in [-0.1, -0.05) is 0 Å². The molecule has 0 saturated heterocycles. The summed E-state index contributed by atoms with van der Waals surface area (Å²) >= 11 is 0. The first kappa shape index (κ1) is 16.5. The van der Waals surface area contributed by atoms with Crippen molar-refractivity contribution in [3.05, 3.63) is 0 Å². The Morgan fingerprint density at radius 3 is 1.25 bits per heavy atom. The molecule has 0 N–H and O–H groups in total. The summed E-state index contributed by atoms with van der Waals surface area (Å²) in [5, 5.41) is 0. The summed E-state index contributed by atoms with van der Waals surface area (Å²) in [5.41, 5.74) is 0. The first-order valence-electron chi connectivity index (χ1n) is 1.00. The zero-order valence-corrected chi connectivity index (χ0v) is 4.00. The van der Waals surface area contributed by atoms with Gasteiger partial charge in [0, 0.05) is 0 Å². The average molecular weight is 116 g/mol. The Morgan fingerprint density at radius 2 is 1.25 bits per heavy atom. The minimum absolute atomic E-state index is 0. The molecule has 0 aromatic rings. The summed E-state index contributed by atoms with van der Waals surface area (Å²) < 4.78 is 0. The van der Waals surface area contributed by atoms with Crippen LogP contribution in [0, 0.1) is 0 Å². The van der Waals surface area contributed by atoms with Crippen LogP contribution in [-0.2, 0) is 0 Å². The first-order chi connectivity index (χ1) is 1.00. The molecule has 0 spiro atoms. The van der Waals surface area contributed by atoms with Crippen LogP contribution in [0.5, 0.6) is 0 Å². The second-order valence-electron chi connectivity index (χ2n) is 0. The van der Waals surface area contributed by atoms with E-state index in [2.05, 4.69) is 7.44 Å². The number of hydrogen-bond acceptors (Lipinski definition) is 0. The van der Waals surface area contributed by atoms with Crippen molar-refractivity contribution in [3.8, 4) is 0 Å². The van der Waals surface area contributed by atoms with Gasteiger partial charge in [-0.25, -0.2) is 0 Å². The fourth-order valence-electron chi connectivity index (χ4n) is 0. The van der Waals surface area contributed by atoms with Crippen molar-refractivity contribution in [2.45, 2.75) is 0 Å². The first-order valence-corrected chi connectivity index (χ1v) is 3.00. The van der Waals surface area contributed by atoms with Gasteiger partial charge in [-0.05, 0) is 10.1 Å². The van der Waals surface area contributed by atoms with Gasteiger partial charge < -0.3 is 0 Å². The van der Waals surface area contributed by atoms with Crippen LogP contribution in [0.25, 0.3) is 0 Å². The van der Waals surface area contributed by atoms with E-state index in [9.17, 15) is 0 Å². The van der Waals surface area contributed by atoms with Gasteiger partial charge >= 0.3 is 37.7 Å². The van der Waals surface area contributed by atoms with E-state index in [-0.39, 0.29) is 55.1 Å². The van der Waals surface area contributed by atoms with Crippen molar-refractivity contribution in [3.63, 3.8) is 0 Å². The Labute approximate surface area is 71.6 Å². The summed E-state index contributed by atoms with van der Waals surface area (Å²) in [6.07, 6.45) is 0. The molecule has 0 rings (SSSR count). The molecule has 0 fully saturated rings. The molecule has 0 aliphatic carbocycles. The van der Waals surface area contributed by atoms with E-state index in [0.29, 0.717) is 0 Å². The van der Waals surface area contributed by atoms with Crippen molar-refractivity contribution in [2.24, 2.45) is 0 Å². The van der Waals surface area contributed by atoms with Gasteiger partial charge in [0.25, 0.3) is 0 Å². The Hall–Kier alpha value is 2.07. The SMILES string of the molecule is B[SiH3].[AlH3].[CaH2]. The number of hydrogen-bond donors (Lipinski definition) is 0. The van der Waals surface area contributed by atoms with Gasteiger partial charge in [0.1, 0.15) is 0 Å². The average Bonchev–Trinajstić information content (AvgIpc) is 1.00. The summed E-state index contributed by atoms with van der Waals surface area (Å²) in [6, 6.07) is 0. The van der Waals surface area contributed by atoms with E-state index in [1.807, 2.05) is 0 Å². The molecule has 0 saturated carbocycles. The Kier molecular flexibility index (Phi) is 81.0. The summed E-state index contributed by atoms with van der Waals surface area (Å²) in [7, 11) is 3.44. The standard InChI is InChI=1S/Al.BH5Si.Ca.5H/c;1-2;;;;;;/h;1H2,2H3;;;;;;. The molecule has 0 heterocycles. The monoisotopic (exact) mass is 116 g/mol. The van der Waals surface area contributed by atoms with Crippen molar-refractivity contribution < 1.29 is 0 Å². The van der Waals surface area contributed by atoms with E-state index < -0.39 is 0 Å². The molecule has 0 unspecified atom stereocenters. The van der Waals surface area contributed by atoms with Crippen LogP contribution in [0.1, 0.15) is 0 Å². The molecule has 0 aliphatic heterocycles. The Morgan fingerprint density at radius 1 is 1.25 bits per heavy atom. The molecule has 0 atom stereocenters. The van der Waals surface area contributed by atoms with Crippen molar-refractivity contribution in [1.82, 2.24) is 0 Å². The molecule has 0 radical (unpaired) electrons. The molecule has 0 aromatic heterocycles. The van der Waals surface area contributed by atoms with Gasteiger partial charge in [0.2, 0.25) is 0 Å². The molecule has 4 heteroatoms. The van der Waals surface area contributed by atoms with E-state index in [1.165, 1.54) is 10.1 Å². The van der Waals surface area contributed by atoms with Crippen LogP contribution in [0.2, 0.25) is 0 Å². The quantitative estimate of drug-likeness (QED) is 0.281. The molecule has 0 aromatic carbocycles. The van der Waals surface area contributed by atoms with Gasteiger partial charge in [0.15, 0.2) is 17.4 Å². The van der Waals surface area contributed by atoms with Gasteiger partial charge in [0.05, 0.1) is 7.44 Å². The molecular formula is H10AlBCaSi. The molecule has 0 bridgehead atoms. The van der Waals surface area contributed by atoms with E-state index >= 15 is 0 Å². The predicted molar refractivity (Wildman–Crippen MR) is 37.0 cm³/mol. The van der Waals surface area contributed by atoms with Crippen LogP contribution < -0.4 is 0 Å². The summed E-state index contributed by atoms with van der Waals surface area (Å²) in [6.45, 7) is 0. The van der Waals surface area contributed by atoms with Crippen LogP contribution in [-0.4, -0.2) is 72.7 Å². The molecule has 0 nitrogen and oxygen atoms in total. The minimum atomic E-state index is 0. The molecular weight excluding hydrogens is 106 g/mol. The van der Waals surface area contributed by atoms with Crippen molar-refractivity contribution in [1.29, 1.82) is 0 Å². The second-order valence-corrected chi connectivity index (χ2v) is 0. The van der Waals surface area contributed by atoms with Crippen molar-refractivity contribution in [2.75, 3.05) is 0 Å². The van der Waals surface area contributed by atoms with Gasteiger partial charge in [-0.15, -0.1) is 0 Å². The Bertz CT molecular complexity index is 8.00. The van der Waals surface area contributed by atoms with E-state index in [4.69, 9.17) is 0 Å². The number of rotatable bonds is 0. The van der Waals surface area contributed by atoms with Crippen LogP contribution in [0.3, 0.4) is 0 Å². The fourth-order valence-corrected chi connectivity index (χ4v) is 0. The fraction of sp³-hybridized carbons (Fsp3) is 0. The Balaban J connectivity index is -0.00000000500. The summed E-state index contributed by atoms with van der Waals surface area (Å²) in [5.74, 6) is 0. The summed E-state index contributed by atoms with van der Waals surface area (Å²) in [4.78, 5) is 0. The maximum atomic E-state index is 2.14. The zero-order chi connectivity index (χ0) is 2.00. The molecule has 22 valence electrons. The van der Waals surface area contributed by atoms with Gasteiger partial charge in [-0.2, -0.15) is 0 Å². The van der Waals surface area contributed by atoms with Crippen LogP contribution in [0.15, 0.2) is 0 Å². The predicted octanol–water partition coefficient (Wildman–Crippen LogP) is -4.20.